The molecule has 5 nitrogen and oxygen atoms in total. The molecule has 3 aliphatic rings. The summed E-state index contributed by atoms with van der Waals surface area (Å²) in [4.78, 5) is 5.50. The highest BCUT2D eigenvalue weighted by Gasteiger charge is 2.45. The molecule has 0 amide bonds. The van der Waals surface area contributed by atoms with Crippen molar-refractivity contribution in [2.45, 2.75) is 63.8 Å². The van der Waals surface area contributed by atoms with Crippen molar-refractivity contribution in [3.05, 3.63) is 18.5 Å². The predicted molar refractivity (Wildman–Crippen MR) is 90.3 cm³/mol. The number of fused-ring (bicyclic) bond motifs is 1. The highest BCUT2D eigenvalue weighted by Crippen LogP contribution is 2.38. The van der Waals surface area contributed by atoms with Gasteiger partial charge in [0.2, 0.25) is 0 Å². The van der Waals surface area contributed by atoms with Crippen molar-refractivity contribution in [2.75, 3.05) is 26.3 Å². The van der Waals surface area contributed by atoms with E-state index in [1.807, 2.05) is 12.3 Å². The molecule has 0 N–H and O–H groups in total. The molecule has 1 aromatic rings. The summed E-state index contributed by atoms with van der Waals surface area (Å²) in [7, 11) is 0. The Balaban J connectivity index is 1.46. The van der Waals surface area contributed by atoms with Crippen molar-refractivity contribution < 1.29 is 4.74 Å². The number of rotatable bonds is 4. The van der Waals surface area contributed by atoms with Crippen molar-refractivity contribution in [2.24, 2.45) is 5.92 Å². The molecule has 0 bridgehead atoms. The number of aromatic nitrogens is 2. The number of hydrogen-bond donors (Lipinski definition) is 0. The van der Waals surface area contributed by atoms with Gasteiger partial charge in [-0.2, -0.15) is 5.10 Å². The van der Waals surface area contributed by atoms with Gasteiger partial charge in [0.25, 0.3) is 0 Å². The molecule has 0 saturated carbocycles. The Morgan fingerprint density at radius 2 is 2.22 bits per heavy atom. The Kier molecular flexibility index (Phi) is 4.43. The van der Waals surface area contributed by atoms with Gasteiger partial charge in [0.1, 0.15) is 0 Å². The van der Waals surface area contributed by atoms with Gasteiger partial charge in [-0.3, -0.25) is 14.5 Å². The van der Waals surface area contributed by atoms with E-state index in [1.54, 1.807) is 0 Å². The number of ether oxygens (including phenoxy) is 1. The fraction of sp³-hybridized carbons (Fsp3) is 0.833. The fourth-order valence-corrected chi connectivity index (χ4v) is 5.15. The average Bonchev–Trinajstić information content (AvgIpc) is 3.27. The number of piperidine rings is 1. The lowest BCUT2D eigenvalue weighted by Crippen LogP contribution is -2.52. The number of nitrogens with zero attached hydrogens (tertiary/aromatic N) is 4. The summed E-state index contributed by atoms with van der Waals surface area (Å²) in [5.74, 6) is 0.812. The Bertz CT molecular complexity index is 497. The molecule has 4 atom stereocenters. The smallest absolute Gasteiger partial charge is 0.0622 e. The van der Waals surface area contributed by atoms with Crippen LogP contribution < -0.4 is 0 Å². The van der Waals surface area contributed by atoms with Gasteiger partial charge in [-0.1, -0.05) is 0 Å². The maximum atomic E-state index is 5.61. The monoisotopic (exact) mass is 318 g/mol. The van der Waals surface area contributed by atoms with Crippen LogP contribution >= 0.6 is 0 Å². The lowest BCUT2D eigenvalue weighted by atomic mass is 9.91. The minimum absolute atomic E-state index is 0.618. The maximum Gasteiger partial charge on any atom is 0.0622 e. The van der Waals surface area contributed by atoms with Crippen LogP contribution in [0.1, 0.15) is 33.1 Å². The van der Waals surface area contributed by atoms with E-state index in [2.05, 4.69) is 39.6 Å². The van der Waals surface area contributed by atoms with Crippen molar-refractivity contribution >= 4 is 0 Å². The van der Waals surface area contributed by atoms with Gasteiger partial charge < -0.3 is 4.74 Å². The Hall–Kier alpha value is -0.910. The minimum atomic E-state index is 0.618. The SMILES string of the molecule is CC(C)N1[C@H](Cn2cccn2)C[C@@H]2CN([C@H]3CCOC3)CC[C@@H]21. The van der Waals surface area contributed by atoms with E-state index in [-0.39, 0.29) is 0 Å². The summed E-state index contributed by atoms with van der Waals surface area (Å²) < 4.78 is 7.72. The largest absolute Gasteiger partial charge is 0.380 e. The van der Waals surface area contributed by atoms with Crippen LogP contribution in [-0.2, 0) is 11.3 Å². The molecule has 3 aliphatic heterocycles. The van der Waals surface area contributed by atoms with Gasteiger partial charge in [-0.05, 0) is 45.1 Å². The van der Waals surface area contributed by atoms with E-state index < -0.39 is 0 Å². The van der Waals surface area contributed by atoms with Crippen molar-refractivity contribution in [1.29, 1.82) is 0 Å². The first kappa shape index (κ1) is 15.6. The van der Waals surface area contributed by atoms with Crippen LogP contribution in [0.3, 0.4) is 0 Å². The van der Waals surface area contributed by atoms with Crippen LogP contribution in [0.5, 0.6) is 0 Å². The van der Waals surface area contributed by atoms with Crippen molar-refractivity contribution in [3.63, 3.8) is 0 Å². The van der Waals surface area contributed by atoms with Crippen LogP contribution in [0, 0.1) is 5.92 Å². The Labute approximate surface area is 139 Å². The third kappa shape index (κ3) is 3.06. The first-order valence-electron chi connectivity index (χ1n) is 9.29. The second-order valence-corrected chi connectivity index (χ2v) is 7.79. The first-order valence-corrected chi connectivity index (χ1v) is 9.29. The van der Waals surface area contributed by atoms with Crippen LogP contribution in [0.2, 0.25) is 0 Å². The zero-order valence-corrected chi connectivity index (χ0v) is 14.5. The van der Waals surface area contributed by atoms with E-state index in [4.69, 9.17) is 4.74 Å². The summed E-state index contributed by atoms with van der Waals surface area (Å²) >= 11 is 0. The van der Waals surface area contributed by atoms with Crippen LogP contribution in [0.15, 0.2) is 18.5 Å². The molecule has 128 valence electrons. The molecule has 0 radical (unpaired) electrons. The van der Waals surface area contributed by atoms with Crippen molar-refractivity contribution in [1.82, 2.24) is 19.6 Å². The number of likely N-dealkylation sites (tertiary alicyclic amines) is 2. The van der Waals surface area contributed by atoms with Gasteiger partial charge in [0, 0.05) is 56.3 Å². The third-order valence-corrected chi connectivity index (χ3v) is 6.08. The molecular formula is C18H30N4O. The molecule has 1 aromatic heterocycles. The highest BCUT2D eigenvalue weighted by atomic mass is 16.5. The lowest BCUT2D eigenvalue weighted by molar-refractivity contribution is 0.0518. The van der Waals surface area contributed by atoms with Gasteiger partial charge in [0.15, 0.2) is 0 Å². The second kappa shape index (κ2) is 6.54. The molecule has 4 rings (SSSR count). The highest BCUT2D eigenvalue weighted by molar-refractivity contribution is 5.00. The van der Waals surface area contributed by atoms with E-state index in [9.17, 15) is 0 Å². The van der Waals surface area contributed by atoms with Crippen LogP contribution in [0.4, 0.5) is 0 Å². The second-order valence-electron chi connectivity index (χ2n) is 7.79. The molecule has 23 heavy (non-hydrogen) atoms. The standard InChI is InChI=1S/C18H30N4O/c1-14(2)22-17(12-21-7-3-6-19-21)10-15-11-20(8-4-18(15)22)16-5-9-23-13-16/h3,6-7,14-18H,4-5,8-13H2,1-2H3/t15-,16+,17+,18+/m1/s1. The number of hydrogen-bond acceptors (Lipinski definition) is 4. The molecule has 0 spiro atoms. The van der Waals surface area contributed by atoms with Crippen LogP contribution in [0.25, 0.3) is 0 Å². The zero-order valence-electron chi connectivity index (χ0n) is 14.5. The van der Waals surface area contributed by atoms with Gasteiger partial charge in [-0.25, -0.2) is 0 Å². The van der Waals surface area contributed by atoms with Gasteiger partial charge in [0.05, 0.1) is 13.2 Å². The minimum Gasteiger partial charge on any atom is -0.380 e. The molecule has 0 aliphatic carbocycles. The summed E-state index contributed by atoms with van der Waals surface area (Å²) in [6.07, 6.45) is 7.84. The molecule has 3 saturated heterocycles. The van der Waals surface area contributed by atoms with Gasteiger partial charge in [-0.15, -0.1) is 0 Å². The lowest BCUT2D eigenvalue weighted by Gasteiger charge is -2.42. The van der Waals surface area contributed by atoms with E-state index >= 15 is 0 Å². The zero-order chi connectivity index (χ0) is 15.8. The fourth-order valence-electron chi connectivity index (χ4n) is 5.15. The molecule has 3 fully saturated rings. The Morgan fingerprint density at radius 3 is 2.91 bits per heavy atom. The normalized spacial score (nSPS) is 36.0. The van der Waals surface area contributed by atoms with E-state index in [1.165, 1.54) is 32.4 Å². The molecule has 5 heteroatoms. The summed E-state index contributed by atoms with van der Waals surface area (Å²) in [6.45, 7) is 10.2. The molecule has 0 unspecified atom stereocenters. The van der Waals surface area contributed by atoms with E-state index in [0.717, 1.165) is 31.7 Å². The molecule has 0 aromatic carbocycles. The van der Waals surface area contributed by atoms with Crippen molar-refractivity contribution in [3.8, 4) is 0 Å². The van der Waals surface area contributed by atoms with E-state index in [0.29, 0.717) is 18.1 Å². The summed E-state index contributed by atoms with van der Waals surface area (Å²) in [6, 6.07) is 4.71. The maximum absolute atomic E-state index is 5.61. The average molecular weight is 318 g/mol. The summed E-state index contributed by atoms with van der Waals surface area (Å²) in [5, 5.41) is 4.43. The third-order valence-electron chi connectivity index (χ3n) is 6.08. The topological polar surface area (TPSA) is 33.5 Å². The predicted octanol–water partition coefficient (Wildman–Crippen LogP) is 1.85. The first-order chi connectivity index (χ1) is 11.2. The van der Waals surface area contributed by atoms with Gasteiger partial charge >= 0.3 is 0 Å². The Morgan fingerprint density at radius 1 is 1.30 bits per heavy atom. The molecule has 4 heterocycles. The molecular weight excluding hydrogens is 288 g/mol. The summed E-state index contributed by atoms with van der Waals surface area (Å²) in [5.41, 5.74) is 0. The van der Waals surface area contributed by atoms with Crippen LogP contribution in [-0.4, -0.2) is 70.1 Å². The quantitative estimate of drug-likeness (QED) is 0.848.